The monoisotopic (exact) mass is 253 g/mol. The highest BCUT2D eigenvalue weighted by molar-refractivity contribution is 6.45. The molecule has 0 unspecified atom stereocenters. The maximum atomic E-state index is 11.8. The van der Waals surface area contributed by atoms with Crippen molar-refractivity contribution in [3.8, 4) is 0 Å². The predicted molar refractivity (Wildman–Crippen MR) is 65.6 cm³/mol. The lowest BCUT2D eigenvalue weighted by molar-refractivity contribution is 0.0994. The van der Waals surface area contributed by atoms with E-state index in [1.54, 1.807) is 6.07 Å². The average molecular weight is 254 g/mol. The van der Waals surface area contributed by atoms with Crippen LogP contribution >= 0.6 is 23.2 Å². The van der Waals surface area contributed by atoms with Crippen LogP contribution < -0.4 is 0 Å². The second kappa shape index (κ2) is 3.25. The first-order valence-electron chi connectivity index (χ1n) is 5.11. The van der Waals surface area contributed by atoms with E-state index >= 15 is 0 Å². The smallest absolute Gasteiger partial charge is 0.181 e. The van der Waals surface area contributed by atoms with Crippen LogP contribution in [0.25, 0.3) is 10.9 Å². The summed E-state index contributed by atoms with van der Waals surface area (Å²) in [5.74, 6) is 0.195. The minimum atomic E-state index is 0.195. The number of ketones is 1. The molecule has 0 radical (unpaired) electrons. The van der Waals surface area contributed by atoms with Gasteiger partial charge in [0.1, 0.15) is 0 Å². The molecule has 2 nitrogen and oxygen atoms in total. The Bertz CT molecular complexity index is 628. The van der Waals surface area contributed by atoms with Gasteiger partial charge in [-0.25, -0.2) is 0 Å². The van der Waals surface area contributed by atoms with Gasteiger partial charge in [-0.2, -0.15) is 0 Å². The van der Waals surface area contributed by atoms with Gasteiger partial charge in [-0.05, 0) is 18.6 Å². The van der Waals surface area contributed by atoms with Gasteiger partial charge in [0.25, 0.3) is 0 Å². The number of fused-ring (bicyclic) bond motifs is 3. The molecule has 0 saturated carbocycles. The Morgan fingerprint density at radius 2 is 2.06 bits per heavy atom. The molecule has 0 amide bonds. The number of aromatic nitrogens is 1. The second-order valence-electron chi connectivity index (χ2n) is 4.06. The first kappa shape index (κ1) is 10.2. The molecule has 1 aromatic carbocycles. The van der Waals surface area contributed by atoms with Gasteiger partial charge in [0, 0.05) is 18.4 Å². The highest BCUT2D eigenvalue weighted by atomic mass is 35.5. The van der Waals surface area contributed by atoms with Gasteiger partial charge < -0.3 is 4.57 Å². The molecule has 1 aromatic heterocycles. The molecule has 0 atom stereocenters. The Balaban J connectivity index is 2.53. The molecule has 2 heterocycles. The number of halogens is 2. The molecule has 0 N–H and O–H groups in total. The molecule has 0 saturated heterocycles. The van der Waals surface area contributed by atoms with Crippen LogP contribution in [0.15, 0.2) is 12.1 Å². The lowest BCUT2D eigenvalue weighted by Crippen LogP contribution is -1.94. The molecule has 1 aliphatic rings. The first-order valence-corrected chi connectivity index (χ1v) is 5.87. The van der Waals surface area contributed by atoms with E-state index in [4.69, 9.17) is 23.2 Å². The summed E-state index contributed by atoms with van der Waals surface area (Å²) in [6, 6.07) is 3.71. The van der Waals surface area contributed by atoms with Gasteiger partial charge in [-0.3, -0.25) is 4.79 Å². The molecule has 0 bridgehead atoms. The summed E-state index contributed by atoms with van der Waals surface area (Å²) in [4.78, 5) is 11.8. The molecule has 2 aromatic rings. The molecule has 1 aliphatic heterocycles. The fraction of sp³-hybridized carbons (Fsp3) is 0.250. The molecule has 4 heteroatoms. The van der Waals surface area contributed by atoms with Gasteiger partial charge in [-0.15, -0.1) is 0 Å². The Morgan fingerprint density at radius 1 is 1.31 bits per heavy atom. The van der Waals surface area contributed by atoms with Crippen molar-refractivity contribution in [3.63, 3.8) is 0 Å². The van der Waals surface area contributed by atoms with Crippen molar-refractivity contribution in [1.82, 2.24) is 4.57 Å². The number of nitrogens with zero attached hydrogens (tertiary/aromatic N) is 1. The van der Waals surface area contributed by atoms with Crippen LogP contribution in [-0.4, -0.2) is 10.4 Å². The zero-order valence-corrected chi connectivity index (χ0v) is 10.2. The summed E-state index contributed by atoms with van der Waals surface area (Å²) in [5.41, 5.74) is 2.70. The van der Waals surface area contributed by atoms with Crippen molar-refractivity contribution < 1.29 is 4.79 Å². The van der Waals surface area contributed by atoms with Gasteiger partial charge in [0.2, 0.25) is 0 Å². The van der Waals surface area contributed by atoms with E-state index in [0.717, 1.165) is 22.2 Å². The van der Waals surface area contributed by atoms with Crippen LogP contribution in [0, 0.1) is 6.92 Å². The van der Waals surface area contributed by atoms with Crippen LogP contribution in [-0.2, 0) is 6.54 Å². The maximum Gasteiger partial charge on any atom is 0.181 e. The van der Waals surface area contributed by atoms with E-state index < -0.39 is 0 Å². The molecule has 0 spiro atoms. The van der Waals surface area contributed by atoms with Crippen molar-refractivity contribution in [3.05, 3.63) is 33.4 Å². The summed E-state index contributed by atoms with van der Waals surface area (Å²) in [6.45, 7) is 2.67. The Morgan fingerprint density at radius 3 is 2.81 bits per heavy atom. The minimum Gasteiger partial charge on any atom is -0.336 e. The third-order valence-corrected chi connectivity index (χ3v) is 3.99. The molecule has 82 valence electrons. The van der Waals surface area contributed by atoms with Crippen LogP contribution in [0.2, 0.25) is 10.0 Å². The lowest BCUT2D eigenvalue weighted by Gasteiger charge is -2.03. The van der Waals surface area contributed by atoms with Crippen molar-refractivity contribution in [1.29, 1.82) is 0 Å². The molecular weight excluding hydrogens is 245 g/mol. The van der Waals surface area contributed by atoms with Crippen molar-refractivity contribution in [2.24, 2.45) is 0 Å². The summed E-state index contributed by atoms with van der Waals surface area (Å²) in [6.07, 6.45) is 0.564. The van der Waals surface area contributed by atoms with Crippen LogP contribution in [0.4, 0.5) is 0 Å². The maximum absolute atomic E-state index is 11.8. The normalized spacial score (nSPS) is 14.8. The number of hydrogen-bond donors (Lipinski definition) is 0. The number of hydrogen-bond acceptors (Lipinski definition) is 1. The summed E-state index contributed by atoms with van der Waals surface area (Å²) in [5, 5.41) is 2.11. The van der Waals surface area contributed by atoms with Crippen molar-refractivity contribution >= 4 is 39.9 Å². The number of Topliss-reactive ketones (excluding diaryl/α,β-unsaturated/α-hetero) is 1. The number of aryl methyl sites for hydroxylation is 2. The number of rotatable bonds is 0. The molecule has 3 rings (SSSR count). The van der Waals surface area contributed by atoms with Crippen LogP contribution in [0.1, 0.15) is 22.5 Å². The molecule has 0 aliphatic carbocycles. The van der Waals surface area contributed by atoms with E-state index in [9.17, 15) is 4.79 Å². The zero-order valence-electron chi connectivity index (χ0n) is 8.68. The third kappa shape index (κ3) is 1.12. The Hall–Kier alpha value is -0.990. The molecule has 0 fully saturated rings. The highest BCUT2D eigenvalue weighted by Crippen LogP contribution is 2.38. The predicted octanol–water partition coefficient (Wildman–Crippen LogP) is 3.84. The van der Waals surface area contributed by atoms with E-state index in [-0.39, 0.29) is 5.78 Å². The fourth-order valence-electron chi connectivity index (χ4n) is 2.46. The van der Waals surface area contributed by atoms with Gasteiger partial charge in [-0.1, -0.05) is 29.3 Å². The largest absolute Gasteiger partial charge is 0.336 e. The molecule has 16 heavy (non-hydrogen) atoms. The van der Waals surface area contributed by atoms with Gasteiger partial charge >= 0.3 is 0 Å². The summed E-state index contributed by atoms with van der Waals surface area (Å²) < 4.78 is 1.99. The van der Waals surface area contributed by atoms with Gasteiger partial charge in [0.15, 0.2) is 5.78 Å². The Labute approximate surface area is 103 Å². The van der Waals surface area contributed by atoms with Crippen LogP contribution in [0.5, 0.6) is 0 Å². The Kier molecular flexibility index (Phi) is 2.07. The summed E-state index contributed by atoms with van der Waals surface area (Å²) in [7, 11) is 0. The van der Waals surface area contributed by atoms with Crippen molar-refractivity contribution in [2.45, 2.75) is 19.9 Å². The summed E-state index contributed by atoms with van der Waals surface area (Å²) >= 11 is 12.2. The standard InChI is InChI=1S/C12H9Cl2NO/c1-6-7-2-3-8(13)10(14)12(7)15-5-4-9(16)11(6)15/h2-3H,4-5H2,1H3. The van der Waals surface area contributed by atoms with E-state index in [1.807, 2.05) is 17.6 Å². The highest BCUT2D eigenvalue weighted by Gasteiger charge is 2.27. The van der Waals surface area contributed by atoms with E-state index in [2.05, 4.69) is 0 Å². The minimum absolute atomic E-state index is 0.195. The fourth-order valence-corrected chi connectivity index (χ4v) is 2.88. The average Bonchev–Trinajstić information content (AvgIpc) is 2.75. The van der Waals surface area contributed by atoms with E-state index in [1.165, 1.54) is 0 Å². The van der Waals surface area contributed by atoms with Gasteiger partial charge in [0.05, 0.1) is 21.3 Å². The quantitative estimate of drug-likeness (QED) is 0.700. The van der Waals surface area contributed by atoms with E-state index in [0.29, 0.717) is 23.0 Å². The third-order valence-electron chi connectivity index (χ3n) is 3.19. The first-order chi connectivity index (χ1) is 7.61. The number of benzene rings is 1. The lowest BCUT2D eigenvalue weighted by atomic mass is 10.1. The van der Waals surface area contributed by atoms with Crippen LogP contribution in [0.3, 0.4) is 0 Å². The number of carbonyl (C=O) groups is 1. The van der Waals surface area contributed by atoms with Crippen molar-refractivity contribution in [2.75, 3.05) is 0 Å². The number of carbonyl (C=O) groups excluding carboxylic acids is 1. The SMILES string of the molecule is Cc1c2n(c3c(Cl)c(Cl)ccc13)CCC2=O. The zero-order chi connectivity index (χ0) is 11.4. The topological polar surface area (TPSA) is 22.0 Å². The molecular formula is C12H9Cl2NO. The second-order valence-corrected chi connectivity index (χ2v) is 4.84.